The van der Waals surface area contributed by atoms with E-state index in [-0.39, 0.29) is 12.5 Å². The number of rotatable bonds is 7. The molecule has 2 heterocycles. The highest BCUT2D eigenvalue weighted by Gasteiger charge is 2.23. The van der Waals surface area contributed by atoms with Crippen molar-refractivity contribution in [2.45, 2.75) is 26.7 Å². The van der Waals surface area contributed by atoms with E-state index >= 15 is 0 Å². The first kappa shape index (κ1) is 20.7. The van der Waals surface area contributed by atoms with Crippen molar-refractivity contribution in [2.24, 2.45) is 5.10 Å². The number of para-hydroxylation sites is 1. The average molecular weight is 418 g/mol. The number of anilines is 1. The Balaban J connectivity index is 1.49. The first-order chi connectivity index (χ1) is 15.1. The quantitative estimate of drug-likeness (QED) is 0.471. The Labute approximate surface area is 182 Å². The van der Waals surface area contributed by atoms with Crippen molar-refractivity contribution >= 4 is 17.9 Å². The molecule has 0 spiro atoms. The molecular weight excluding hydrogens is 390 g/mol. The summed E-state index contributed by atoms with van der Waals surface area (Å²) in [5.41, 5.74) is 6.41. The van der Waals surface area contributed by atoms with Crippen molar-refractivity contribution in [1.29, 1.82) is 0 Å². The summed E-state index contributed by atoms with van der Waals surface area (Å²) in [7, 11) is 0. The third-order valence-corrected chi connectivity index (χ3v) is 5.23. The number of hydrazone groups is 1. The predicted molar refractivity (Wildman–Crippen MR) is 122 cm³/mol. The molecule has 0 bridgehead atoms. The van der Waals surface area contributed by atoms with E-state index in [1.807, 2.05) is 73.1 Å². The van der Waals surface area contributed by atoms with Crippen molar-refractivity contribution < 1.29 is 9.53 Å². The van der Waals surface area contributed by atoms with Crippen molar-refractivity contribution in [3.63, 3.8) is 0 Å². The molecule has 0 radical (unpaired) electrons. The number of aromatic nitrogens is 2. The molecule has 0 saturated carbocycles. The summed E-state index contributed by atoms with van der Waals surface area (Å²) in [6, 6.07) is 17.7. The number of amides is 1. The molecule has 0 atom stereocenters. The zero-order chi connectivity index (χ0) is 21.6. The molecule has 1 aliphatic rings. The molecule has 3 aromatic rings. The zero-order valence-electron chi connectivity index (χ0n) is 17.9. The molecule has 2 aromatic carbocycles. The van der Waals surface area contributed by atoms with Crippen LogP contribution in [0.3, 0.4) is 0 Å². The lowest BCUT2D eigenvalue weighted by molar-refractivity contribution is -0.123. The van der Waals surface area contributed by atoms with Gasteiger partial charge in [-0.3, -0.25) is 4.79 Å². The van der Waals surface area contributed by atoms with Gasteiger partial charge in [-0.25, -0.2) is 10.1 Å². The van der Waals surface area contributed by atoms with Gasteiger partial charge in [-0.15, -0.1) is 0 Å². The van der Waals surface area contributed by atoms with E-state index in [0.717, 1.165) is 54.3 Å². The summed E-state index contributed by atoms with van der Waals surface area (Å²) in [6.45, 7) is 5.81. The van der Waals surface area contributed by atoms with Crippen LogP contribution < -0.4 is 15.1 Å². The number of hydrogen-bond donors (Lipinski definition) is 1. The topological polar surface area (TPSA) is 71.7 Å². The molecule has 7 nitrogen and oxygen atoms in total. The van der Waals surface area contributed by atoms with E-state index < -0.39 is 0 Å². The number of aryl methyl sites for hydroxylation is 2. The summed E-state index contributed by atoms with van der Waals surface area (Å²) < 4.78 is 7.49. The smallest absolute Gasteiger partial charge is 0.277 e. The number of nitrogens with one attached hydrogen (secondary N) is 1. The van der Waals surface area contributed by atoms with Gasteiger partial charge < -0.3 is 9.64 Å². The summed E-state index contributed by atoms with van der Waals surface area (Å²) in [6.07, 6.45) is 3.99. The standard InChI is InChI=1S/C24H27N5O2/c1-18-9-8-12-21(15-18)31-17-23(30)26-25-16-22-19(2)27-29(20-10-4-3-5-11-20)24(22)28-13-6-7-14-28/h3-5,8-12,15-16H,6-7,13-14,17H2,1-2H3,(H,26,30)/b25-16-. The van der Waals surface area contributed by atoms with Gasteiger partial charge in [0.1, 0.15) is 11.6 Å². The van der Waals surface area contributed by atoms with Gasteiger partial charge >= 0.3 is 0 Å². The molecule has 1 N–H and O–H groups in total. The van der Waals surface area contributed by atoms with E-state index in [1.165, 1.54) is 0 Å². The number of hydrogen-bond acceptors (Lipinski definition) is 5. The number of benzene rings is 2. The third kappa shape index (κ3) is 4.94. The Bertz CT molecular complexity index is 1070. The molecule has 31 heavy (non-hydrogen) atoms. The fourth-order valence-corrected chi connectivity index (χ4v) is 3.72. The summed E-state index contributed by atoms with van der Waals surface area (Å²) in [4.78, 5) is 14.5. The molecule has 1 saturated heterocycles. The second kappa shape index (κ2) is 9.47. The van der Waals surface area contributed by atoms with Crippen LogP contribution in [0.1, 0.15) is 29.7 Å². The molecule has 160 valence electrons. The van der Waals surface area contributed by atoms with Gasteiger partial charge in [-0.2, -0.15) is 10.2 Å². The molecule has 1 aliphatic heterocycles. The van der Waals surface area contributed by atoms with E-state index in [0.29, 0.717) is 5.75 Å². The van der Waals surface area contributed by atoms with Crippen LogP contribution in [0.25, 0.3) is 5.69 Å². The van der Waals surface area contributed by atoms with Gasteiger partial charge in [-0.1, -0.05) is 30.3 Å². The molecule has 7 heteroatoms. The zero-order valence-corrected chi connectivity index (χ0v) is 17.9. The second-order valence-corrected chi connectivity index (χ2v) is 7.66. The highest BCUT2D eigenvalue weighted by Crippen LogP contribution is 2.28. The number of carbonyl (C=O) groups excluding carboxylic acids is 1. The maximum atomic E-state index is 12.2. The number of ether oxygens (including phenoxy) is 1. The van der Waals surface area contributed by atoms with Gasteiger partial charge in [0.2, 0.25) is 0 Å². The Hall–Kier alpha value is -3.61. The van der Waals surface area contributed by atoms with Gasteiger partial charge in [0, 0.05) is 13.1 Å². The molecule has 0 aliphatic carbocycles. The largest absolute Gasteiger partial charge is 0.484 e. The van der Waals surface area contributed by atoms with Crippen LogP contribution in [0.4, 0.5) is 5.82 Å². The lowest BCUT2D eigenvalue weighted by atomic mass is 10.2. The van der Waals surface area contributed by atoms with Crippen molar-refractivity contribution in [3.8, 4) is 11.4 Å². The molecule has 1 aromatic heterocycles. The first-order valence-corrected chi connectivity index (χ1v) is 10.5. The van der Waals surface area contributed by atoms with E-state index in [2.05, 4.69) is 15.4 Å². The van der Waals surface area contributed by atoms with Crippen molar-refractivity contribution in [2.75, 3.05) is 24.6 Å². The minimum atomic E-state index is -0.311. The van der Waals surface area contributed by atoms with Crippen molar-refractivity contribution in [3.05, 3.63) is 71.4 Å². The molecule has 1 fully saturated rings. The van der Waals surface area contributed by atoms with E-state index in [1.54, 1.807) is 6.21 Å². The maximum Gasteiger partial charge on any atom is 0.277 e. The Morgan fingerprint density at radius 1 is 1.13 bits per heavy atom. The van der Waals surface area contributed by atoms with Crippen LogP contribution in [-0.4, -0.2) is 41.6 Å². The van der Waals surface area contributed by atoms with Crippen LogP contribution >= 0.6 is 0 Å². The molecule has 4 rings (SSSR count). The molecule has 0 unspecified atom stereocenters. The van der Waals surface area contributed by atoms with Gasteiger partial charge in [0.25, 0.3) is 5.91 Å². The minimum Gasteiger partial charge on any atom is -0.484 e. The van der Waals surface area contributed by atoms with E-state index in [9.17, 15) is 4.79 Å². The lowest BCUT2D eigenvalue weighted by Gasteiger charge is -2.20. The van der Waals surface area contributed by atoms with Crippen LogP contribution in [0.15, 0.2) is 59.7 Å². The average Bonchev–Trinajstić information content (AvgIpc) is 3.41. The highest BCUT2D eigenvalue weighted by atomic mass is 16.5. The minimum absolute atomic E-state index is 0.0952. The van der Waals surface area contributed by atoms with Crippen LogP contribution in [0.2, 0.25) is 0 Å². The van der Waals surface area contributed by atoms with Crippen molar-refractivity contribution in [1.82, 2.24) is 15.2 Å². The van der Waals surface area contributed by atoms with Gasteiger partial charge in [0.05, 0.1) is 23.2 Å². The van der Waals surface area contributed by atoms with Gasteiger partial charge in [0.15, 0.2) is 6.61 Å². The molecular formula is C24H27N5O2. The predicted octanol–water partition coefficient (Wildman–Crippen LogP) is 3.62. The Kier molecular flexibility index (Phi) is 6.31. The van der Waals surface area contributed by atoms with Crippen LogP contribution in [0, 0.1) is 13.8 Å². The first-order valence-electron chi connectivity index (χ1n) is 10.5. The van der Waals surface area contributed by atoms with E-state index in [4.69, 9.17) is 9.84 Å². The van der Waals surface area contributed by atoms with Crippen LogP contribution in [-0.2, 0) is 4.79 Å². The SMILES string of the molecule is Cc1cccc(OCC(=O)N/N=C\c2c(C)nn(-c3ccccc3)c2N2CCCC2)c1. The van der Waals surface area contributed by atoms with Crippen LogP contribution in [0.5, 0.6) is 5.75 Å². The van der Waals surface area contributed by atoms with Gasteiger partial charge in [-0.05, 0) is 56.5 Å². The summed E-state index contributed by atoms with van der Waals surface area (Å²) in [5.74, 6) is 1.36. The maximum absolute atomic E-state index is 12.2. The Morgan fingerprint density at radius 2 is 1.90 bits per heavy atom. The number of nitrogens with zero attached hydrogens (tertiary/aromatic N) is 4. The fraction of sp³-hybridized carbons (Fsp3) is 0.292. The molecule has 1 amide bonds. The summed E-state index contributed by atoms with van der Waals surface area (Å²) >= 11 is 0. The lowest BCUT2D eigenvalue weighted by Crippen LogP contribution is -2.25. The number of carbonyl (C=O) groups is 1. The third-order valence-electron chi connectivity index (χ3n) is 5.23. The highest BCUT2D eigenvalue weighted by molar-refractivity contribution is 5.90. The normalized spacial score (nSPS) is 13.7. The fourth-order valence-electron chi connectivity index (χ4n) is 3.72. The Morgan fingerprint density at radius 3 is 2.65 bits per heavy atom. The summed E-state index contributed by atoms with van der Waals surface area (Å²) in [5, 5.41) is 8.94. The second-order valence-electron chi connectivity index (χ2n) is 7.66. The monoisotopic (exact) mass is 417 g/mol.